The van der Waals surface area contributed by atoms with Crippen molar-refractivity contribution < 1.29 is 14.2 Å². The number of pyridine rings is 1. The number of aromatic nitrogens is 1. The van der Waals surface area contributed by atoms with Crippen LogP contribution in [0.5, 0.6) is 0 Å². The molecule has 2 aromatic carbocycles. The summed E-state index contributed by atoms with van der Waals surface area (Å²) in [6.45, 7) is 8.21. The summed E-state index contributed by atoms with van der Waals surface area (Å²) < 4.78 is 16.4. The second kappa shape index (κ2) is 13.0. The van der Waals surface area contributed by atoms with Crippen LogP contribution in [0, 0.1) is 0 Å². The first-order valence-corrected chi connectivity index (χ1v) is 15.6. The van der Waals surface area contributed by atoms with Crippen LogP contribution < -0.4 is 15.8 Å². The monoisotopic (exact) mass is 580 g/mol. The van der Waals surface area contributed by atoms with Crippen LogP contribution in [0.25, 0.3) is 11.3 Å². The zero-order chi connectivity index (χ0) is 27.3. The van der Waals surface area contributed by atoms with Crippen LogP contribution in [-0.2, 0) is 14.2 Å². The van der Waals surface area contributed by atoms with Gasteiger partial charge in [0.1, 0.15) is 0 Å². The minimum absolute atomic E-state index is 0.0821. The molecule has 2 fully saturated rings. The Morgan fingerprint density at radius 1 is 0.950 bits per heavy atom. The van der Waals surface area contributed by atoms with E-state index in [0.29, 0.717) is 19.3 Å². The smallest absolute Gasteiger partial charge is 0.250 e. The molecule has 2 N–H and O–H groups in total. The first-order valence-electron chi connectivity index (χ1n) is 13.9. The molecule has 2 saturated heterocycles. The largest absolute Gasteiger partial charge is 0.385 e. The van der Waals surface area contributed by atoms with Crippen LogP contribution in [0.1, 0.15) is 6.42 Å². The first-order chi connectivity index (χ1) is 19.7. The molecule has 0 aliphatic carbocycles. The van der Waals surface area contributed by atoms with Gasteiger partial charge in [0.15, 0.2) is 0 Å². The molecule has 8 nitrogen and oxygen atoms in total. The minimum atomic E-state index is -0.0821. The number of hydrogen-bond donors (Lipinski definition) is 2. The van der Waals surface area contributed by atoms with Crippen molar-refractivity contribution in [2.45, 2.75) is 32.0 Å². The lowest BCUT2D eigenvalue weighted by atomic mass is 10.1. The van der Waals surface area contributed by atoms with Crippen molar-refractivity contribution in [3.05, 3.63) is 58.9 Å². The number of ether oxygens (including phenoxy) is 3. The Morgan fingerprint density at radius 2 is 1.75 bits per heavy atom. The third-order valence-corrected chi connectivity index (χ3v) is 10.1. The fourth-order valence-electron chi connectivity index (χ4n) is 5.38. The quantitative estimate of drug-likeness (QED) is 0.294. The third-order valence-electron chi connectivity index (χ3n) is 7.47. The van der Waals surface area contributed by atoms with E-state index in [1.807, 2.05) is 0 Å². The average molecular weight is 581 g/mol. The van der Waals surface area contributed by atoms with Gasteiger partial charge in [-0.15, -0.1) is 0 Å². The summed E-state index contributed by atoms with van der Waals surface area (Å²) in [5.41, 5.74) is 3.90. The van der Waals surface area contributed by atoms with Crippen molar-refractivity contribution in [2.75, 3.05) is 83.1 Å². The highest BCUT2D eigenvalue weighted by Gasteiger charge is 2.23. The number of nitrogens with one attached hydrogen (secondary N) is 2. The van der Waals surface area contributed by atoms with Gasteiger partial charge in [-0.25, -0.2) is 0 Å². The lowest BCUT2D eigenvalue weighted by Crippen LogP contribution is -2.43. The predicted octanol–water partition coefficient (Wildman–Crippen LogP) is 4.64. The number of fused-ring (bicyclic) bond motifs is 2. The minimum Gasteiger partial charge on any atom is -0.385 e. The van der Waals surface area contributed by atoms with E-state index in [0.717, 1.165) is 81.6 Å². The Morgan fingerprint density at radius 3 is 2.55 bits per heavy atom. The van der Waals surface area contributed by atoms with Gasteiger partial charge in [0.25, 0.3) is 0 Å². The summed E-state index contributed by atoms with van der Waals surface area (Å²) in [7, 11) is 1.76. The summed E-state index contributed by atoms with van der Waals surface area (Å²) in [6.07, 6.45) is 0.945. The summed E-state index contributed by atoms with van der Waals surface area (Å²) in [5.74, 6) is 0. The standard InChI is InChI=1S/C30H36N4O4S2/c1-36-12-7-22(20-33-8-13-37-14-9-33)31-21-5-6-26-28(17-21)39-27-4-2-3-24(30(27)40-26)25-18-23(19-29(35)32-25)34-10-15-38-16-11-34/h2-6,17-19,22,31H,7-16,20H2,1H3,(H,32,35)/t22-/m1/s1. The molecule has 0 spiro atoms. The van der Waals surface area contributed by atoms with E-state index in [-0.39, 0.29) is 5.56 Å². The van der Waals surface area contributed by atoms with E-state index in [1.54, 1.807) is 36.7 Å². The van der Waals surface area contributed by atoms with E-state index in [4.69, 9.17) is 14.2 Å². The highest BCUT2D eigenvalue weighted by atomic mass is 32.2. The normalized spacial score (nSPS) is 18.2. The number of nitrogens with zero attached hydrogens (tertiary/aromatic N) is 2. The number of methoxy groups -OCH3 is 1. The van der Waals surface area contributed by atoms with E-state index in [2.05, 4.69) is 62.6 Å². The molecule has 0 radical (unpaired) electrons. The molecule has 4 heterocycles. The van der Waals surface area contributed by atoms with E-state index < -0.39 is 0 Å². The number of hydrogen-bond acceptors (Lipinski definition) is 9. The molecular weight excluding hydrogens is 544 g/mol. The second-order valence-corrected chi connectivity index (χ2v) is 12.4. The van der Waals surface area contributed by atoms with Gasteiger partial charge in [-0.05, 0) is 36.8 Å². The number of rotatable bonds is 9. The van der Waals surface area contributed by atoms with Crippen LogP contribution in [0.3, 0.4) is 0 Å². The number of anilines is 2. The van der Waals surface area contributed by atoms with Gasteiger partial charge >= 0.3 is 0 Å². The van der Waals surface area contributed by atoms with Gasteiger partial charge < -0.3 is 29.4 Å². The van der Waals surface area contributed by atoms with E-state index >= 15 is 0 Å². The molecule has 3 aliphatic heterocycles. The van der Waals surface area contributed by atoms with Crippen molar-refractivity contribution in [2.24, 2.45) is 0 Å². The van der Waals surface area contributed by atoms with Crippen LogP contribution >= 0.6 is 23.5 Å². The van der Waals surface area contributed by atoms with Gasteiger partial charge in [0.2, 0.25) is 5.56 Å². The third kappa shape index (κ3) is 6.53. The maximum absolute atomic E-state index is 12.7. The number of benzene rings is 2. The maximum Gasteiger partial charge on any atom is 0.250 e. The molecule has 0 unspecified atom stereocenters. The SMILES string of the molecule is COCC[C@H](CN1CCOCC1)Nc1ccc2c(c1)Sc1cccc(-c3cc(N4CCOCC4)cc(=O)[nH]3)c1S2. The Balaban J connectivity index is 1.22. The molecule has 0 saturated carbocycles. The zero-order valence-electron chi connectivity index (χ0n) is 22.8. The van der Waals surface area contributed by atoms with Crippen LogP contribution in [0.15, 0.2) is 72.9 Å². The average Bonchev–Trinajstić information content (AvgIpc) is 2.99. The fraction of sp³-hybridized carbons (Fsp3) is 0.433. The van der Waals surface area contributed by atoms with Crippen molar-refractivity contribution in [3.63, 3.8) is 0 Å². The van der Waals surface area contributed by atoms with Crippen LogP contribution in [-0.4, -0.2) is 88.8 Å². The summed E-state index contributed by atoms with van der Waals surface area (Å²) in [4.78, 5) is 25.3. The molecule has 40 heavy (non-hydrogen) atoms. The van der Waals surface area contributed by atoms with Crippen molar-refractivity contribution >= 4 is 34.9 Å². The maximum atomic E-state index is 12.7. The van der Waals surface area contributed by atoms with Gasteiger partial charge in [-0.3, -0.25) is 9.69 Å². The highest BCUT2D eigenvalue weighted by Crippen LogP contribution is 2.52. The van der Waals surface area contributed by atoms with Gasteiger partial charge in [0.05, 0.1) is 32.1 Å². The number of aromatic amines is 1. The predicted molar refractivity (Wildman–Crippen MR) is 161 cm³/mol. The van der Waals surface area contributed by atoms with Gasteiger partial charge in [0, 0.05) is 95.1 Å². The number of morpholine rings is 2. The molecule has 0 amide bonds. The van der Waals surface area contributed by atoms with Gasteiger partial charge in [-0.2, -0.15) is 0 Å². The van der Waals surface area contributed by atoms with Crippen LogP contribution in [0.4, 0.5) is 11.4 Å². The molecule has 6 rings (SSSR count). The van der Waals surface area contributed by atoms with Crippen molar-refractivity contribution in [1.29, 1.82) is 0 Å². The Labute approximate surface area is 243 Å². The second-order valence-electron chi connectivity index (χ2n) is 10.3. The summed E-state index contributed by atoms with van der Waals surface area (Å²) in [5, 5.41) is 3.78. The molecule has 212 valence electrons. The van der Waals surface area contributed by atoms with Crippen molar-refractivity contribution in [1.82, 2.24) is 9.88 Å². The van der Waals surface area contributed by atoms with E-state index in [9.17, 15) is 4.79 Å². The molecule has 0 bridgehead atoms. The molecule has 3 aliphatic rings. The van der Waals surface area contributed by atoms with Crippen molar-refractivity contribution in [3.8, 4) is 11.3 Å². The summed E-state index contributed by atoms with van der Waals surface area (Å²) >= 11 is 3.57. The molecular formula is C30H36N4O4S2. The van der Waals surface area contributed by atoms with Gasteiger partial charge in [-0.1, -0.05) is 35.7 Å². The van der Waals surface area contributed by atoms with E-state index in [1.165, 1.54) is 19.6 Å². The summed E-state index contributed by atoms with van der Waals surface area (Å²) in [6, 6.07) is 17.1. The fourth-order valence-corrected chi connectivity index (χ4v) is 7.80. The zero-order valence-corrected chi connectivity index (χ0v) is 24.5. The first kappa shape index (κ1) is 27.7. The molecule has 1 aromatic heterocycles. The Hall–Kier alpha value is -2.47. The topological polar surface area (TPSA) is 79.1 Å². The lowest BCUT2D eigenvalue weighted by molar-refractivity contribution is 0.0347. The lowest BCUT2D eigenvalue weighted by Gasteiger charge is -2.31. The Kier molecular flexibility index (Phi) is 9.01. The number of H-pyrrole nitrogens is 1. The molecule has 3 aromatic rings. The highest BCUT2D eigenvalue weighted by molar-refractivity contribution is 8.05. The molecule has 10 heteroatoms. The molecule has 1 atom stereocenters. The van der Waals surface area contributed by atoms with Crippen LogP contribution in [0.2, 0.25) is 0 Å². The Bertz CT molecular complexity index is 1370.